The quantitative estimate of drug-likeness (QED) is 0.747. The Labute approximate surface area is 116 Å². The molecule has 3 N–H and O–H groups in total. The maximum Gasteiger partial charge on any atom is 0.253 e. The summed E-state index contributed by atoms with van der Waals surface area (Å²) in [7, 11) is 0. The molecule has 0 radical (unpaired) electrons. The van der Waals surface area contributed by atoms with Crippen LogP contribution in [0, 0.1) is 5.82 Å². The molecule has 1 aromatic rings. The molecule has 0 aliphatic rings. The topological polar surface area (TPSA) is 69.6 Å². The van der Waals surface area contributed by atoms with Crippen LogP contribution in [0.15, 0.2) is 18.2 Å². The van der Waals surface area contributed by atoms with E-state index in [0.717, 1.165) is 12.1 Å². The number of nitrogens with one attached hydrogen (secondary N) is 1. The monoisotopic (exact) mass is 289 g/mol. The number of carbonyl (C=O) groups excluding carboxylic acids is 1. The SMILES string of the molecule is C[C@@](O)(CCCO)CNC(=O)c1cc(F)ccc1Cl. The van der Waals surface area contributed by atoms with Crippen LogP contribution in [0.1, 0.15) is 30.1 Å². The predicted octanol–water partition coefficient (Wildman–Crippen LogP) is 1.73. The maximum atomic E-state index is 13.0. The highest BCUT2D eigenvalue weighted by Gasteiger charge is 2.21. The second-order valence-electron chi connectivity index (χ2n) is 4.63. The van der Waals surface area contributed by atoms with Crippen molar-refractivity contribution >= 4 is 17.5 Å². The molecular weight excluding hydrogens is 273 g/mol. The van der Waals surface area contributed by atoms with Gasteiger partial charge in [-0.25, -0.2) is 4.39 Å². The molecule has 1 rings (SSSR count). The largest absolute Gasteiger partial charge is 0.396 e. The van der Waals surface area contributed by atoms with Gasteiger partial charge in [0, 0.05) is 13.2 Å². The molecule has 0 saturated carbocycles. The highest BCUT2D eigenvalue weighted by Crippen LogP contribution is 2.17. The Morgan fingerprint density at radius 3 is 2.84 bits per heavy atom. The molecule has 0 unspecified atom stereocenters. The van der Waals surface area contributed by atoms with Crippen molar-refractivity contribution in [2.75, 3.05) is 13.2 Å². The zero-order chi connectivity index (χ0) is 14.5. The molecule has 0 heterocycles. The molecule has 1 atom stereocenters. The number of hydrogen-bond acceptors (Lipinski definition) is 3. The third-order valence-corrected chi connectivity index (χ3v) is 3.01. The van der Waals surface area contributed by atoms with Crippen molar-refractivity contribution < 1.29 is 19.4 Å². The first-order valence-electron chi connectivity index (χ1n) is 5.92. The van der Waals surface area contributed by atoms with Crippen molar-refractivity contribution in [2.45, 2.75) is 25.4 Å². The normalized spacial score (nSPS) is 13.9. The summed E-state index contributed by atoms with van der Waals surface area (Å²) in [5, 5.41) is 21.3. The average Bonchev–Trinajstić information content (AvgIpc) is 2.36. The van der Waals surface area contributed by atoms with Crippen LogP contribution in [-0.4, -0.2) is 34.9 Å². The standard InChI is InChI=1S/C13H17ClFNO3/c1-13(19,5-2-6-17)8-16-12(18)10-7-9(15)3-4-11(10)14/h3-4,7,17,19H,2,5-6,8H2,1H3,(H,16,18)/t13-/m1/s1. The van der Waals surface area contributed by atoms with E-state index in [1.54, 1.807) is 6.92 Å². The summed E-state index contributed by atoms with van der Waals surface area (Å²) in [4.78, 5) is 11.8. The summed E-state index contributed by atoms with van der Waals surface area (Å²) < 4.78 is 13.0. The summed E-state index contributed by atoms with van der Waals surface area (Å²) in [5.74, 6) is -1.10. The molecule has 0 bridgehead atoms. The number of carbonyl (C=O) groups is 1. The zero-order valence-electron chi connectivity index (χ0n) is 10.6. The fraction of sp³-hybridized carbons (Fsp3) is 0.462. The van der Waals surface area contributed by atoms with E-state index in [2.05, 4.69) is 5.32 Å². The van der Waals surface area contributed by atoms with Gasteiger partial charge < -0.3 is 15.5 Å². The Kier molecular flexibility index (Phi) is 5.72. The van der Waals surface area contributed by atoms with Gasteiger partial charge in [-0.1, -0.05) is 11.6 Å². The molecule has 0 aliphatic heterocycles. The van der Waals surface area contributed by atoms with E-state index in [1.807, 2.05) is 0 Å². The predicted molar refractivity (Wildman–Crippen MR) is 70.7 cm³/mol. The van der Waals surface area contributed by atoms with Crippen LogP contribution in [0.25, 0.3) is 0 Å². The lowest BCUT2D eigenvalue weighted by molar-refractivity contribution is 0.0415. The molecule has 19 heavy (non-hydrogen) atoms. The van der Waals surface area contributed by atoms with Crippen LogP contribution in [-0.2, 0) is 0 Å². The minimum absolute atomic E-state index is 0.00131. The lowest BCUT2D eigenvalue weighted by Gasteiger charge is -2.23. The maximum absolute atomic E-state index is 13.0. The zero-order valence-corrected chi connectivity index (χ0v) is 11.4. The van der Waals surface area contributed by atoms with Crippen molar-refractivity contribution in [1.29, 1.82) is 0 Å². The Hall–Kier alpha value is -1.17. The molecule has 1 amide bonds. The molecule has 0 fully saturated rings. The van der Waals surface area contributed by atoms with Gasteiger partial charge in [0.1, 0.15) is 5.82 Å². The third kappa shape index (κ3) is 5.14. The second-order valence-corrected chi connectivity index (χ2v) is 5.04. The van der Waals surface area contributed by atoms with Crippen molar-refractivity contribution in [1.82, 2.24) is 5.32 Å². The third-order valence-electron chi connectivity index (χ3n) is 2.68. The van der Waals surface area contributed by atoms with E-state index in [-0.39, 0.29) is 23.7 Å². The summed E-state index contributed by atoms with van der Waals surface area (Å²) in [6.07, 6.45) is 0.782. The number of aliphatic hydroxyl groups is 2. The first-order chi connectivity index (χ1) is 8.85. The van der Waals surface area contributed by atoms with Gasteiger partial charge >= 0.3 is 0 Å². The van der Waals surface area contributed by atoms with Crippen LogP contribution >= 0.6 is 11.6 Å². The minimum atomic E-state index is -1.13. The van der Waals surface area contributed by atoms with Crippen LogP contribution < -0.4 is 5.32 Å². The van der Waals surface area contributed by atoms with Gasteiger partial charge in [-0.15, -0.1) is 0 Å². The summed E-state index contributed by atoms with van der Waals surface area (Å²) in [6.45, 7) is 1.52. The number of aliphatic hydroxyl groups excluding tert-OH is 1. The van der Waals surface area contributed by atoms with E-state index in [4.69, 9.17) is 16.7 Å². The van der Waals surface area contributed by atoms with Crippen LogP contribution in [0.4, 0.5) is 4.39 Å². The van der Waals surface area contributed by atoms with Gasteiger partial charge in [-0.2, -0.15) is 0 Å². The first kappa shape index (κ1) is 15.9. The molecule has 1 aromatic carbocycles. The molecule has 0 saturated heterocycles. The number of rotatable bonds is 6. The molecule has 0 spiro atoms. The Balaban J connectivity index is 2.62. The lowest BCUT2D eigenvalue weighted by Crippen LogP contribution is -2.40. The van der Waals surface area contributed by atoms with Crippen molar-refractivity contribution in [3.63, 3.8) is 0 Å². The number of benzene rings is 1. The highest BCUT2D eigenvalue weighted by molar-refractivity contribution is 6.33. The minimum Gasteiger partial charge on any atom is -0.396 e. The molecule has 6 heteroatoms. The van der Waals surface area contributed by atoms with Gasteiger partial charge in [0.05, 0.1) is 16.2 Å². The van der Waals surface area contributed by atoms with Crippen LogP contribution in [0.3, 0.4) is 0 Å². The van der Waals surface area contributed by atoms with Gasteiger partial charge in [-0.3, -0.25) is 4.79 Å². The fourth-order valence-corrected chi connectivity index (χ4v) is 1.79. The smallest absolute Gasteiger partial charge is 0.253 e. The van der Waals surface area contributed by atoms with Crippen molar-refractivity contribution in [2.24, 2.45) is 0 Å². The van der Waals surface area contributed by atoms with E-state index in [0.29, 0.717) is 12.8 Å². The number of amides is 1. The van der Waals surface area contributed by atoms with Crippen molar-refractivity contribution in [3.05, 3.63) is 34.6 Å². The lowest BCUT2D eigenvalue weighted by atomic mass is 10.0. The fourth-order valence-electron chi connectivity index (χ4n) is 1.59. The Morgan fingerprint density at radius 2 is 2.21 bits per heavy atom. The van der Waals surface area contributed by atoms with Gasteiger partial charge in [0.2, 0.25) is 0 Å². The molecule has 0 aromatic heterocycles. The summed E-state index contributed by atoms with van der Waals surface area (Å²) >= 11 is 5.80. The van der Waals surface area contributed by atoms with Crippen molar-refractivity contribution in [3.8, 4) is 0 Å². The summed E-state index contributed by atoms with van der Waals surface area (Å²) in [5.41, 5.74) is -1.10. The van der Waals surface area contributed by atoms with Gasteiger partial charge in [0.25, 0.3) is 5.91 Å². The molecule has 0 aliphatic carbocycles. The van der Waals surface area contributed by atoms with Crippen LogP contribution in [0.2, 0.25) is 5.02 Å². The molecule has 4 nitrogen and oxygen atoms in total. The number of hydrogen-bond donors (Lipinski definition) is 3. The summed E-state index contributed by atoms with van der Waals surface area (Å²) in [6, 6.07) is 3.51. The number of halogens is 2. The van der Waals surface area contributed by atoms with Gasteiger partial charge in [0.15, 0.2) is 0 Å². The first-order valence-corrected chi connectivity index (χ1v) is 6.30. The van der Waals surface area contributed by atoms with E-state index < -0.39 is 17.3 Å². The van der Waals surface area contributed by atoms with E-state index >= 15 is 0 Å². The van der Waals surface area contributed by atoms with E-state index in [9.17, 15) is 14.3 Å². The molecular formula is C13H17ClFNO3. The van der Waals surface area contributed by atoms with Gasteiger partial charge in [-0.05, 0) is 38.0 Å². The Morgan fingerprint density at radius 1 is 1.53 bits per heavy atom. The Bertz CT molecular complexity index is 452. The second kappa shape index (κ2) is 6.84. The highest BCUT2D eigenvalue weighted by atomic mass is 35.5. The molecule has 106 valence electrons. The van der Waals surface area contributed by atoms with E-state index in [1.165, 1.54) is 6.07 Å². The average molecular weight is 290 g/mol. The van der Waals surface area contributed by atoms with Crippen LogP contribution in [0.5, 0.6) is 0 Å².